The van der Waals surface area contributed by atoms with Crippen LogP contribution in [0.15, 0.2) is 0 Å². The number of carbonyl (C=O) groups is 1. The summed E-state index contributed by atoms with van der Waals surface area (Å²) in [6.45, 7) is 1.69. The van der Waals surface area contributed by atoms with Gasteiger partial charge in [-0.1, -0.05) is 0 Å². The number of sulfonamides is 1. The van der Waals surface area contributed by atoms with Gasteiger partial charge < -0.3 is 9.47 Å². The number of hydrogen-bond donors (Lipinski definition) is 0. The Balaban J connectivity index is 2.36. The molecule has 0 bridgehead atoms. The topological polar surface area (TPSA) is 72.9 Å². The molecule has 0 aliphatic carbocycles. The van der Waals surface area contributed by atoms with E-state index in [0.717, 1.165) is 0 Å². The van der Waals surface area contributed by atoms with Gasteiger partial charge >= 0.3 is 5.97 Å². The van der Waals surface area contributed by atoms with E-state index >= 15 is 0 Å². The van der Waals surface area contributed by atoms with E-state index in [0.29, 0.717) is 32.7 Å². The molecule has 0 aromatic rings. The lowest BCUT2D eigenvalue weighted by Gasteiger charge is -2.25. The Labute approximate surface area is 95.6 Å². The highest BCUT2D eigenvalue weighted by atomic mass is 32.2. The van der Waals surface area contributed by atoms with Gasteiger partial charge in [0.05, 0.1) is 26.1 Å². The second-order valence-corrected chi connectivity index (χ2v) is 5.60. The summed E-state index contributed by atoms with van der Waals surface area (Å²) in [5, 5.41) is 0. The standard InChI is InChI=1S/C9H17NO5S/c1-14-9(11)3-2-8-16(12,13)10-4-6-15-7-5-10/h2-8H2,1H3. The highest BCUT2D eigenvalue weighted by Gasteiger charge is 2.23. The van der Waals surface area contributed by atoms with Crippen molar-refractivity contribution in [2.45, 2.75) is 12.8 Å². The molecule has 94 valence electrons. The van der Waals surface area contributed by atoms with Crippen LogP contribution < -0.4 is 0 Å². The smallest absolute Gasteiger partial charge is 0.305 e. The number of methoxy groups -OCH3 is 1. The fourth-order valence-corrected chi connectivity index (χ4v) is 2.93. The lowest BCUT2D eigenvalue weighted by atomic mass is 10.3. The minimum absolute atomic E-state index is 0.0118. The van der Waals surface area contributed by atoms with Gasteiger partial charge in [0.1, 0.15) is 0 Å². The van der Waals surface area contributed by atoms with Crippen molar-refractivity contribution in [1.29, 1.82) is 0 Å². The van der Waals surface area contributed by atoms with Crippen molar-refractivity contribution in [1.82, 2.24) is 4.31 Å². The summed E-state index contributed by atoms with van der Waals surface area (Å²) >= 11 is 0. The maximum atomic E-state index is 11.8. The Morgan fingerprint density at radius 1 is 1.38 bits per heavy atom. The number of nitrogens with zero attached hydrogens (tertiary/aromatic N) is 1. The predicted molar refractivity (Wildman–Crippen MR) is 57.4 cm³/mol. The molecule has 1 saturated heterocycles. The lowest BCUT2D eigenvalue weighted by molar-refractivity contribution is -0.140. The lowest BCUT2D eigenvalue weighted by Crippen LogP contribution is -2.41. The minimum Gasteiger partial charge on any atom is -0.469 e. The molecule has 0 N–H and O–H groups in total. The van der Waals surface area contributed by atoms with E-state index in [4.69, 9.17) is 4.74 Å². The zero-order valence-corrected chi connectivity index (χ0v) is 10.2. The zero-order chi connectivity index (χ0) is 12.0. The van der Waals surface area contributed by atoms with E-state index < -0.39 is 10.0 Å². The first kappa shape index (κ1) is 13.4. The van der Waals surface area contributed by atoms with Gasteiger partial charge in [-0.05, 0) is 6.42 Å². The van der Waals surface area contributed by atoms with E-state index in [1.165, 1.54) is 11.4 Å². The second kappa shape index (κ2) is 6.17. The number of ether oxygens (including phenoxy) is 2. The first-order valence-corrected chi connectivity index (χ1v) is 6.79. The molecule has 0 aromatic heterocycles. The van der Waals surface area contributed by atoms with E-state index in [-0.39, 0.29) is 18.1 Å². The van der Waals surface area contributed by atoms with Crippen LogP contribution >= 0.6 is 0 Å². The summed E-state index contributed by atoms with van der Waals surface area (Å²) in [4.78, 5) is 10.8. The molecular weight excluding hydrogens is 234 g/mol. The van der Waals surface area contributed by atoms with E-state index in [2.05, 4.69) is 4.74 Å². The molecule has 1 rings (SSSR count). The van der Waals surface area contributed by atoms with Crippen molar-refractivity contribution >= 4 is 16.0 Å². The molecule has 1 aliphatic heterocycles. The van der Waals surface area contributed by atoms with Crippen molar-refractivity contribution in [3.63, 3.8) is 0 Å². The predicted octanol–water partition coefficient (Wildman–Crippen LogP) is -0.398. The number of hydrogen-bond acceptors (Lipinski definition) is 5. The third kappa shape index (κ3) is 4.07. The molecule has 0 unspecified atom stereocenters. The summed E-state index contributed by atoms with van der Waals surface area (Å²) in [5.41, 5.74) is 0. The molecule has 16 heavy (non-hydrogen) atoms. The van der Waals surface area contributed by atoms with Crippen LogP contribution in [-0.2, 0) is 24.3 Å². The Morgan fingerprint density at radius 2 is 2.00 bits per heavy atom. The number of rotatable bonds is 5. The maximum absolute atomic E-state index is 11.8. The van der Waals surface area contributed by atoms with Gasteiger partial charge in [-0.3, -0.25) is 4.79 Å². The van der Waals surface area contributed by atoms with Gasteiger partial charge in [-0.2, -0.15) is 4.31 Å². The molecule has 0 aromatic carbocycles. The van der Waals surface area contributed by atoms with Crippen LogP contribution in [0.2, 0.25) is 0 Å². The average Bonchev–Trinajstić information content (AvgIpc) is 2.30. The van der Waals surface area contributed by atoms with Gasteiger partial charge in [0, 0.05) is 19.5 Å². The van der Waals surface area contributed by atoms with Gasteiger partial charge in [0.15, 0.2) is 0 Å². The molecular formula is C9H17NO5S. The van der Waals surface area contributed by atoms with Crippen molar-refractivity contribution in [2.24, 2.45) is 0 Å². The molecule has 6 nitrogen and oxygen atoms in total. The average molecular weight is 251 g/mol. The van der Waals surface area contributed by atoms with Crippen LogP contribution in [0, 0.1) is 0 Å². The van der Waals surface area contributed by atoms with Crippen molar-refractivity contribution < 1.29 is 22.7 Å². The van der Waals surface area contributed by atoms with Gasteiger partial charge in [-0.25, -0.2) is 8.42 Å². The van der Waals surface area contributed by atoms with E-state index in [1.807, 2.05) is 0 Å². The minimum atomic E-state index is -3.24. The first-order chi connectivity index (χ1) is 7.56. The monoisotopic (exact) mass is 251 g/mol. The normalized spacial score (nSPS) is 18.3. The Kier molecular flexibility index (Phi) is 5.17. The molecule has 7 heteroatoms. The van der Waals surface area contributed by atoms with Crippen molar-refractivity contribution in [3.05, 3.63) is 0 Å². The van der Waals surface area contributed by atoms with Crippen LogP contribution in [0.4, 0.5) is 0 Å². The largest absolute Gasteiger partial charge is 0.469 e. The van der Waals surface area contributed by atoms with E-state index in [1.54, 1.807) is 0 Å². The van der Waals surface area contributed by atoms with Crippen LogP contribution in [0.3, 0.4) is 0 Å². The molecule has 0 saturated carbocycles. The summed E-state index contributed by atoms with van der Waals surface area (Å²) in [6.07, 6.45) is 0.437. The highest BCUT2D eigenvalue weighted by Crippen LogP contribution is 2.08. The third-order valence-electron chi connectivity index (χ3n) is 2.37. The first-order valence-electron chi connectivity index (χ1n) is 5.18. The number of carbonyl (C=O) groups excluding carboxylic acids is 1. The quantitative estimate of drug-likeness (QED) is 0.622. The molecule has 0 radical (unpaired) electrons. The summed E-state index contributed by atoms with van der Waals surface area (Å²) < 4.78 is 34.5. The molecule has 1 heterocycles. The van der Waals surface area contributed by atoms with E-state index in [9.17, 15) is 13.2 Å². The van der Waals surface area contributed by atoms with Crippen molar-refractivity contribution in [3.8, 4) is 0 Å². The summed E-state index contributed by atoms with van der Waals surface area (Å²) in [5.74, 6) is -0.389. The molecule has 1 fully saturated rings. The van der Waals surface area contributed by atoms with Crippen molar-refractivity contribution in [2.75, 3.05) is 39.2 Å². The fraction of sp³-hybridized carbons (Fsp3) is 0.889. The van der Waals surface area contributed by atoms with Crippen LogP contribution in [0.25, 0.3) is 0 Å². The summed E-state index contributed by atoms with van der Waals surface area (Å²) in [7, 11) is -1.95. The SMILES string of the molecule is COC(=O)CCCS(=O)(=O)N1CCOCC1. The third-order valence-corrected chi connectivity index (χ3v) is 4.33. The Morgan fingerprint density at radius 3 is 2.56 bits per heavy atom. The second-order valence-electron chi connectivity index (χ2n) is 3.51. The molecule has 0 amide bonds. The Hall–Kier alpha value is -0.660. The van der Waals surface area contributed by atoms with Gasteiger partial charge in [-0.15, -0.1) is 0 Å². The number of esters is 1. The summed E-state index contributed by atoms with van der Waals surface area (Å²) in [6, 6.07) is 0. The Bertz CT molecular complexity index is 321. The number of morpholine rings is 1. The van der Waals surface area contributed by atoms with Gasteiger partial charge in [0.2, 0.25) is 10.0 Å². The van der Waals surface area contributed by atoms with Gasteiger partial charge in [0.25, 0.3) is 0 Å². The molecule has 0 atom stereocenters. The van der Waals surface area contributed by atoms with Crippen LogP contribution in [0.5, 0.6) is 0 Å². The van der Waals surface area contributed by atoms with Crippen LogP contribution in [0.1, 0.15) is 12.8 Å². The fourth-order valence-electron chi connectivity index (χ4n) is 1.45. The van der Waals surface area contributed by atoms with Crippen LogP contribution in [-0.4, -0.2) is 57.9 Å². The highest BCUT2D eigenvalue weighted by molar-refractivity contribution is 7.89. The molecule has 1 aliphatic rings. The zero-order valence-electron chi connectivity index (χ0n) is 9.35. The molecule has 0 spiro atoms. The maximum Gasteiger partial charge on any atom is 0.305 e.